The number of hydrogen-bond acceptors (Lipinski definition) is 5. The van der Waals surface area contributed by atoms with E-state index < -0.39 is 0 Å². The van der Waals surface area contributed by atoms with Crippen molar-refractivity contribution in [2.45, 2.75) is 46.0 Å². The summed E-state index contributed by atoms with van der Waals surface area (Å²) in [5.74, 6) is 1.75. The molecule has 8 heteroatoms. The van der Waals surface area contributed by atoms with Crippen molar-refractivity contribution in [1.29, 1.82) is 0 Å². The van der Waals surface area contributed by atoms with Crippen LogP contribution in [0.3, 0.4) is 0 Å². The number of carbonyl (C=O) groups excluding carboxylic acids is 1. The van der Waals surface area contributed by atoms with Crippen molar-refractivity contribution in [3.05, 3.63) is 63.4 Å². The number of anilines is 1. The van der Waals surface area contributed by atoms with E-state index >= 15 is 0 Å². The molecule has 0 saturated heterocycles. The van der Waals surface area contributed by atoms with Crippen molar-refractivity contribution in [2.75, 3.05) is 11.1 Å². The second kappa shape index (κ2) is 10.1. The molecule has 0 unspecified atom stereocenters. The maximum atomic E-state index is 12.5. The Balaban J connectivity index is 1.61. The molecule has 0 fully saturated rings. The van der Waals surface area contributed by atoms with E-state index in [-0.39, 0.29) is 11.7 Å². The SMILES string of the molecule is CCn1c(COc2ccccc2C)nnc1SCC(=O)Nc1ccc(Br)c(C)c1C. The van der Waals surface area contributed by atoms with E-state index in [4.69, 9.17) is 4.74 Å². The monoisotopic (exact) mass is 488 g/mol. The van der Waals surface area contributed by atoms with Gasteiger partial charge in [-0.15, -0.1) is 10.2 Å². The van der Waals surface area contributed by atoms with Crippen molar-refractivity contribution in [1.82, 2.24) is 14.8 Å². The number of nitrogens with one attached hydrogen (secondary N) is 1. The van der Waals surface area contributed by atoms with Gasteiger partial charge in [0.05, 0.1) is 5.75 Å². The van der Waals surface area contributed by atoms with Crippen molar-refractivity contribution in [2.24, 2.45) is 0 Å². The van der Waals surface area contributed by atoms with E-state index in [0.717, 1.165) is 38.4 Å². The molecule has 0 saturated carbocycles. The first-order valence-corrected chi connectivity index (χ1v) is 11.5. The van der Waals surface area contributed by atoms with Gasteiger partial charge in [-0.25, -0.2) is 0 Å². The summed E-state index contributed by atoms with van der Waals surface area (Å²) >= 11 is 4.88. The number of para-hydroxylation sites is 1. The Morgan fingerprint density at radius 3 is 2.63 bits per heavy atom. The van der Waals surface area contributed by atoms with Gasteiger partial charge in [0.1, 0.15) is 12.4 Å². The average Bonchev–Trinajstić information content (AvgIpc) is 3.14. The highest BCUT2D eigenvalue weighted by molar-refractivity contribution is 9.10. The number of nitrogens with zero attached hydrogens (tertiary/aromatic N) is 3. The number of hydrogen-bond donors (Lipinski definition) is 1. The van der Waals surface area contributed by atoms with Gasteiger partial charge in [-0.1, -0.05) is 45.9 Å². The largest absolute Gasteiger partial charge is 0.485 e. The second-order valence-electron chi connectivity index (χ2n) is 6.88. The predicted molar refractivity (Wildman–Crippen MR) is 124 cm³/mol. The molecule has 1 N–H and O–H groups in total. The van der Waals surface area contributed by atoms with E-state index in [1.807, 2.05) is 68.7 Å². The van der Waals surface area contributed by atoms with Gasteiger partial charge < -0.3 is 14.6 Å². The van der Waals surface area contributed by atoms with Crippen LogP contribution < -0.4 is 10.1 Å². The van der Waals surface area contributed by atoms with Crippen LogP contribution in [0.5, 0.6) is 5.75 Å². The van der Waals surface area contributed by atoms with Gasteiger partial charge in [0.15, 0.2) is 11.0 Å². The normalized spacial score (nSPS) is 10.8. The zero-order chi connectivity index (χ0) is 21.7. The fourth-order valence-corrected chi connectivity index (χ4v) is 4.20. The maximum Gasteiger partial charge on any atom is 0.234 e. The third-order valence-corrected chi connectivity index (χ3v) is 6.71. The van der Waals surface area contributed by atoms with E-state index in [2.05, 4.69) is 31.4 Å². The lowest BCUT2D eigenvalue weighted by atomic mass is 10.1. The van der Waals surface area contributed by atoms with Gasteiger partial charge in [0.2, 0.25) is 5.91 Å². The molecule has 0 atom stereocenters. The Hall–Kier alpha value is -2.32. The van der Waals surface area contributed by atoms with Crippen molar-refractivity contribution < 1.29 is 9.53 Å². The molecule has 1 amide bonds. The molecular formula is C22H25BrN4O2S. The first kappa shape index (κ1) is 22.4. The Labute approximate surface area is 189 Å². The van der Waals surface area contributed by atoms with Crippen LogP contribution in [0.4, 0.5) is 5.69 Å². The number of carbonyl (C=O) groups is 1. The van der Waals surface area contributed by atoms with Crippen LogP contribution in [0.2, 0.25) is 0 Å². The summed E-state index contributed by atoms with van der Waals surface area (Å²) in [7, 11) is 0. The van der Waals surface area contributed by atoms with Crippen molar-refractivity contribution in [3.8, 4) is 5.75 Å². The first-order valence-electron chi connectivity index (χ1n) is 9.69. The van der Waals surface area contributed by atoms with Crippen LogP contribution in [0, 0.1) is 20.8 Å². The molecule has 0 aliphatic carbocycles. The standard InChI is InChI=1S/C22H25BrN4O2S/c1-5-27-20(12-29-19-9-7-6-8-14(19)2)25-26-22(27)30-13-21(28)24-18-11-10-17(23)15(3)16(18)4/h6-11H,5,12-13H2,1-4H3,(H,24,28). The summed E-state index contributed by atoms with van der Waals surface area (Å²) in [5.41, 5.74) is 4.06. The van der Waals surface area contributed by atoms with Crippen LogP contribution in [0.15, 0.2) is 46.0 Å². The van der Waals surface area contributed by atoms with Crippen molar-refractivity contribution >= 4 is 39.3 Å². The summed E-state index contributed by atoms with van der Waals surface area (Å²) in [6, 6.07) is 11.7. The first-order chi connectivity index (χ1) is 14.4. The molecule has 2 aromatic carbocycles. The Kier molecular flexibility index (Phi) is 7.55. The molecule has 30 heavy (non-hydrogen) atoms. The molecule has 0 radical (unpaired) electrons. The second-order valence-corrected chi connectivity index (χ2v) is 8.68. The molecule has 0 aliphatic rings. The maximum absolute atomic E-state index is 12.5. The van der Waals surface area contributed by atoms with Crippen molar-refractivity contribution in [3.63, 3.8) is 0 Å². The van der Waals surface area contributed by atoms with Crippen LogP contribution >= 0.6 is 27.7 Å². The quantitative estimate of drug-likeness (QED) is 0.435. The number of halogens is 1. The third kappa shape index (κ3) is 5.23. The number of thioether (sulfide) groups is 1. The smallest absolute Gasteiger partial charge is 0.234 e. The number of amides is 1. The van der Waals surface area contributed by atoms with Crippen LogP contribution in [0.1, 0.15) is 29.4 Å². The predicted octanol–water partition coefficient (Wildman–Crippen LogP) is 5.30. The topological polar surface area (TPSA) is 69.0 Å². The van der Waals surface area contributed by atoms with E-state index in [9.17, 15) is 4.79 Å². The Morgan fingerprint density at radius 2 is 1.90 bits per heavy atom. The molecule has 1 aromatic heterocycles. The van der Waals surface area contributed by atoms with Crippen LogP contribution in [-0.2, 0) is 17.9 Å². The average molecular weight is 489 g/mol. The summed E-state index contributed by atoms with van der Waals surface area (Å²) in [6.45, 7) is 9.09. The lowest BCUT2D eigenvalue weighted by molar-refractivity contribution is -0.113. The fourth-order valence-electron chi connectivity index (χ4n) is 2.95. The molecule has 0 spiro atoms. The number of aromatic nitrogens is 3. The minimum absolute atomic E-state index is 0.0758. The van der Waals surface area contributed by atoms with E-state index in [0.29, 0.717) is 18.3 Å². The third-order valence-electron chi connectivity index (χ3n) is 4.89. The Bertz CT molecular complexity index is 1050. The molecule has 0 aliphatic heterocycles. The summed E-state index contributed by atoms with van der Waals surface area (Å²) in [4.78, 5) is 12.5. The molecule has 3 aromatic rings. The highest BCUT2D eigenvalue weighted by Crippen LogP contribution is 2.26. The molecule has 1 heterocycles. The van der Waals surface area contributed by atoms with Crippen LogP contribution in [-0.4, -0.2) is 26.4 Å². The van der Waals surface area contributed by atoms with Gasteiger partial charge in [-0.3, -0.25) is 4.79 Å². The number of ether oxygens (including phenoxy) is 1. The van der Waals surface area contributed by atoms with Gasteiger partial charge >= 0.3 is 0 Å². The van der Waals surface area contributed by atoms with E-state index in [1.54, 1.807) is 0 Å². The number of rotatable bonds is 8. The molecule has 0 bridgehead atoms. The van der Waals surface area contributed by atoms with Gasteiger partial charge in [0.25, 0.3) is 0 Å². The number of benzene rings is 2. The lowest BCUT2D eigenvalue weighted by Gasteiger charge is -2.12. The van der Waals surface area contributed by atoms with Gasteiger partial charge in [-0.05, 0) is 62.6 Å². The lowest BCUT2D eigenvalue weighted by Crippen LogP contribution is -2.16. The minimum atomic E-state index is -0.0758. The highest BCUT2D eigenvalue weighted by Gasteiger charge is 2.15. The number of aryl methyl sites for hydroxylation is 1. The zero-order valence-electron chi connectivity index (χ0n) is 17.5. The van der Waals surface area contributed by atoms with Crippen LogP contribution in [0.25, 0.3) is 0 Å². The fraction of sp³-hybridized carbons (Fsp3) is 0.318. The Morgan fingerprint density at radius 1 is 1.13 bits per heavy atom. The summed E-state index contributed by atoms with van der Waals surface area (Å²) in [6.07, 6.45) is 0. The zero-order valence-corrected chi connectivity index (χ0v) is 19.9. The molecular weight excluding hydrogens is 464 g/mol. The minimum Gasteiger partial charge on any atom is -0.485 e. The van der Waals surface area contributed by atoms with Gasteiger partial charge in [0, 0.05) is 16.7 Å². The van der Waals surface area contributed by atoms with Gasteiger partial charge in [-0.2, -0.15) is 0 Å². The molecule has 3 rings (SSSR count). The molecule has 6 nitrogen and oxygen atoms in total. The summed E-state index contributed by atoms with van der Waals surface area (Å²) in [5, 5.41) is 12.2. The highest BCUT2D eigenvalue weighted by atomic mass is 79.9. The van der Waals surface area contributed by atoms with E-state index in [1.165, 1.54) is 11.8 Å². The molecule has 158 valence electrons. The summed E-state index contributed by atoms with van der Waals surface area (Å²) < 4.78 is 8.91.